The van der Waals surface area contributed by atoms with Gasteiger partial charge in [0.25, 0.3) is 0 Å². The molecule has 0 bridgehead atoms. The third-order valence-electron chi connectivity index (χ3n) is 3.52. The number of carboxylic acids is 1. The zero-order chi connectivity index (χ0) is 17.8. The summed E-state index contributed by atoms with van der Waals surface area (Å²) in [4.78, 5) is 15.3. The molecule has 0 saturated heterocycles. The zero-order valence-corrected chi connectivity index (χ0v) is 14.5. The summed E-state index contributed by atoms with van der Waals surface area (Å²) in [6.45, 7) is 0. The first-order valence-electron chi connectivity index (χ1n) is 7.41. The second-order valence-corrected chi connectivity index (χ2v) is 6.12. The predicted octanol–water partition coefficient (Wildman–Crippen LogP) is 5.45. The van der Waals surface area contributed by atoms with E-state index in [9.17, 15) is 4.79 Å². The van der Waals surface area contributed by atoms with Crippen LogP contribution in [0.5, 0.6) is 0 Å². The maximum atomic E-state index is 10.9. The van der Waals surface area contributed by atoms with E-state index in [0.717, 1.165) is 16.7 Å². The van der Waals surface area contributed by atoms with E-state index in [0.29, 0.717) is 21.6 Å². The minimum absolute atomic E-state index is 0.0339. The van der Waals surface area contributed by atoms with Gasteiger partial charge in [-0.05, 0) is 35.4 Å². The Labute approximate surface area is 154 Å². The molecule has 4 nitrogen and oxygen atoms in total. The molecule has 0 aliphatic carbocycles. The van der Waals surface area contributed by atoms with E-state index < -0.39 is 5.97 Å². The molecule has 1 N–H and O–H groups in total. The Balaban J connectivity index is 1.83. The first-order chi connectivity index (χ1) is 12.0. The number of hydrogen-bond donors (Lipinski definition) is 1. The minimum atomic E-state index is -0.871. The molecule has 0 spiro atoms. The molecular formula is C19H13Cl2NO3. The number of halogens is 2. The maximum Gasteiger partial charge on any atom is 0.307 e. The monoisotopic (exact) mass is 373 g/mol. The predicted molar refractivity (Wildman–Crippen MR) is 98.7 cm³/mol. The number of aromatic nitrogens is 1. The topological polar surface area (TPSA) is 63.3 Å². The fraction of sp³-hybridized carbons (Fsp3) is 0.0526. The molecule has 0 aliphatic heterocycles. The largest absolute Gasteiger partial charge is 0.481 e. The van der Waals surface area contributed by atoms with Crippen LogP contribution in [-0.4, -0.2) is 16.1 Å². The Morgan fingerprint density at radius 3 is 2.68 bits per heavy atom. The van der Waals surface area contributed by atoms with E-state index >= 15 is 0 Å². The quantitative estimate of drug-likeness (QED) is 0.645. The summed E-state index contributed by atoms with van der Waals surface area (Å²) < 4.78 is 5.47. The van der Waals surface area contributed by atoms with Crippen LogP contribution in [0.25, 0.3) is 23.6 Å². The van der Waals surface area contributed by atoms with Crippen molar-refractivity contribution in [3.05, 3.63) is 75.6 Å². The molecule has 0 aliphatic rings. The number of nitrogens with zero attached hydrogens (tertiary/aromatic N) is 1. The lowest BCUT2D eigenvalue weighted by molar-refractivity contribution is -0.136. The molecule has 126 valence electrons. The molecule has 0 unspecified atom stereocenters. The zero-order valence-electron chi connectivity index (χ0n) is 12.9. The van der Waals surface area contributed by atoms with Crippen molar-refractivity contribution in [1.29, 1.82) is 0 Å². The number of aliphatic carboxylic acids is 1. The summed E-state index contributed by atoms with van der Waals surface area (Å²) in [6.07, 6.45) is 5.07. The van der Waals surface area contributed by atoms with Gasteiger partial charge < -0.3 is 9.52 Å². The standard InChI is InChI=1S/C19H13Cl2NO3/c20-16-8-6-14(9-17(16)21)19-22-15(11-25-19)7-5-12-3-1-2-4-13(12)10-18(23)24/h1-9,11H,10H2,(H,23,24)/b7-5+. The number of hydrogen-bond acceptors (Lipinski definition) is 3. The van der Waals surface area contributed by atoms with Crippen molar-refractivity contribution < 1.29 is 14.3 Å². The lowest BCUT2D eigenvalue weighted by Crippen LogP contribution is -2.01. The van der Waals surface area contributed by atoms with Gasteiger partial charge in [-0.3, -0.25) is 4.79 Å². The molecule has 0 saturated carbocycles. The van der Waals surface area contributed by atoms with Crippen LogP contribution >= 0.6 is 23.2 Å². The summed E-state index contributed by atoms with van der Waals surface area (Å²) in [7, 11) is 0. The van der Waals surface area contributed by atoms with Gasteiger partial charge in [-0.2, -0.15) is 0 Å². The van der Waals surface area contributed by atoms with Crippen molar-refractivity contribution in [3.8, 4) is 11.5 Å². The van der Waals surface area contributed by atoms with Crippen LogP contribution in [0.15, 0.2) is 53.1 Å². The third-order valence-corrected chi connectivity index (χ3v) is 4.26. The van der Waals surface area contributed by atoms with Gasteiger partial charge in [0, 0.05) is 5.56 Å². The summed E-state index contributed by atoms with van der Waals surface area (Å²) in [5.41, 5.74) is 2.90. The SMILES string of the molecule is O=C(O)Cc1ccccc1/C=C/c1coc(-c2ccc(Cl)c(Cl)c2)n1. The van der Waals surface area contributed by atoms with Crippen LogP contribution in [0.3, 0.4) is 0 Å². The highest BCUT2D eigenvalue weighted by Crippen LogP contribution is 2.28. The summed E-state index contributed by atoms with van der Waals surface area (Å²) in [5.74, 6) is -0.443. The van der Waals surface area contributed by atoms with Crippen LogP contribution in [-0.2, 0) is 11.2 Å². The van der Waals surface area contributed by atoms with Crippen molar-refractivity contribution in [2.24, 2.45) is 0 Å². The van der Waals surface area contributed by atoms with Crippen LogP contribution in [0.1, 0.15) is 16.8 Å². The first-order valence-corrected chi connectivity index (χ1v) is 8.17. The summed E-state index contributed by atoms with van der Waals surface area (Å²) in [6, 6.07) is 12.5. The van der Waals surface area contributed by atoms with Crippen LogP contribution < -0.4 is 0 Å². The van der Waals surface area contributed by atoms with Crippen molar-refractivity contribution in [2.45, 2.75) is 6.42 Å². The van der Waals surface area contributed by atoms with Crippen LogP contribution in [0.4, 0.5) is 0 Å². The van der Waals surface area contributed by atoms with E-state index in [1.54, 1.807) is 30.3 Å². The van der Waals surface area contributed by atoms with Gasteiger partial charge in [-0.15, -0.1) is 0 Å². The first kappa shape index (κ1) is 17.3. The molecule has 0 atom stereocenters. The van der Waals surface area contributed by atoms with E-state index in [1.165, 1.54) is 6.26 Å². The smallest absolute Gasteiger partial charge is 0.307 e. The number of carboxylic acid groups (broad SMARTS) is 1. The fourth-order valence-corrected chi connectivity index (χ4v) is 2.62. The van der Waals surface area contributed by atoms with E-state index in [2.05, 4.69) is 4.98 Å². The second-order valence-electron chi connectivity index (χ2n) is 5.31. The molecule has 25 heavy (non-hydrogen) atoms. The second kappa shape index (κ2) is 7.55. The van der Waals surface area contributed by atoms with Gasteiger partial charge in [-0.1, -0.05) is 53.5 Å². The Bertz CT molecular complexity index is 947. The van der Waals surface area contributed by atoms with Crippen molar-refractivity contribution in [3.63, 3.8) is 0 Å². The van der Waals surface area contributed by atoms with Gasteiger partial charge in [0.2, 0.25) is 5.89 Å². The third kappa shape index (κ3) is 4.29. The summed E-state index contributed by atoms with van der Waals surface area (Å²) in [5, 5.41) is 9.87. The maximum absolute atomic E-state index is 10.9. The fourth-order valence-electron chi connectivity index (χ4n) is 2.32. The van der Waals surface area contributed by atoms with Gasteiger partial charge in [-0.25, -0.2) is 4.98 Å². The van der Waals surface area contributed by atoms with Crippen molar-refractivity contribution in [2.75, 3.05) is 0 Å². The van der Waals surface area contributed by atoms with Gasteiger partial charge in [0.1, 0.15) is 12.0 Å². The number of benzene rings is 2. The number of carbonyl (C=O) groups is 1. The van der Waals surface area contributed by atoms with E-state index in [1.807, 2.05) is 24.3 Å². The molecule has 3 rings (SSSR count). The van der Waals surface area contributed by atoms with E-state index in [-0.39, 0.29) is 6.42 Å². The van der Waals surface area contributed by atoms with Gasteiger partial charge in [0.15, 0.2) is 0 Å². The van der Waals surface area contributed by atoms with Gasteiger partial charge in [0.05, 0.1) is 16.5 Å². The highest BCUT2D eigenvalue weighted by atomic mass is 35.5. The lowest BCUT2D eigenvalue weighted by Gasteiger charge is -2.02. The molecular weight excluding hydrogens is 361 g/mol. The average Bonchev–Trinajstić information content (AvgIpc) is 3.05. The van der Waals surface area contributed by atoms with Crippen LogP contribution in [0, 0.1) is 0 Å². The Hall–Kier alpha value is -2.56. The number of rotatable bonds is 5. The average molecular weight is 374 g/mol. The highest BCUT2D eigenvalue weighted by molar-refractivity contribution is 6.42. The molecule has 0 amide bonds. The normalized spacial score (nSPS) is 11.1. The Morgan fingerprint density at radius 2 is 1.92 bits per heavy atom. The van der Waals surface area contributed by atoms with E-state index in [4.69, 9.17) is 32.7 Å². The molecule has 1 heterocycles. The molecule has 1 aromatic heterocycles. The van der Waals surface area contributed by atoms with Crippen LogP contribution in [0.2, 0.25) is 10.0 Å². The number of oxazole rings is 1. The Kier molecular flexibility index (Phi) is 5.22. The molecule has 0 radical (unpaired) electrons. The summed E-state index contributed by atoms with van der Waals surface area (Å²) >= 11 is 11.9. The highest BCUT2D eigenvalue weighted by Gasteiger charge is 2.08. The molecule has 2 aromatic carbocycles. The van der Waals surface area contributed by atoms with Gasteiger partial charge >= 0.3 is 5.97 Å². The molecule has 3 aromatic rings. The van der Waals surface area contributed by atoms with Crippen molar-refractivity contribution >= 4 is 41.3 Å². The lowest BCUT2D eigenvalue weighted by atomic mass is 10.0. The Morgan fingerprint density at radius 1 is 1.12 bits per heavy atom. The molecule has 0 fully saturated rings. The van der Waals surface area contributed by atoms with Crippen molar-refractivity contribution in [1.82, 2.24) is 4.98 Å². The molecule has 6 heteroatoms. The minimum Gasteiger partial charge on any atom is -0.481 e.